The van der Waals surface area contributed by atoms with Gasteiger partial charge in [0.15, 0.2) is 5.82 Å². The van der Waals surface area contributed by atoms with Crippen molar-refractivity contribution in [3.05, 3.63) is 59.2 Å². The van der Waals surface area contributed by atoms with Crippen molar-refractivity contribution in [3.63, 3.8) is 0 Å². The van der Waals surface area contributed by atoms with Gasteiger partial charge in [0.2, 0.25) is 5.78 Å². The van der Waals surface area contributed by atoms with Gasteiger partial charge >= 0.3 is 0 Å². The van der Waals surface area contributed by atoms with E-state index < -0.39 is 17.4 Å². The van der Waals surface area contributed by atoms with Crippen molar-refractivity contribution < 1.29 is 13.6 Å². The largest absolute Gasteiger partial charge is 0.290 e. The summed E-state index contributed by atoms with van der Waals surface area (Å²) < 4.78 is 26.3. The first-order valence-corrected chi connectivity index (χ1v) is 5.32. The smallest absolute Gasteiger partial charge is 0.204 e. The molecule has 1 aromatic carbocycles. The van der Waals surface area contributed by atoms with Gasteiger partial charge < -0.3 is 0 Å². The van der Waals surface area contributed by atoms with E-state index in [1.54, 1.807) is 6.92 Å². The lowest BCUT2D eigenvalue weighted by molar-refractivity contribution is 0.0981. The van der Waals surface area contributed by atoms with Crippen LogP contribution in [0.15, 0.2) is 30.6 Å². The molecule has 2 aromatic rings. The van der Waals surface area contributed by atoms with Crippen molar-refractivity contribution in [3.8, 4) is 0 Å². The second-order valence-corrected chi connectivity index (χ2v) is 3.92. The number of carbonyl (C=O) groups excluding carboxylic acids is 1. The van der Waals surface area contributed by atoms with Crippen LogP contribution in [0.2, 0.25) is 0 Å². The Morgan fingerprint density at radius 1 is 1.22 bits per heavy atom. The van der Waals surface area contributed by atoms with Crippen molar-refractivity contribution in [2.24, 2.45) is 0 Å². The van der Waals surface area contributed by atoms with E-state index in [9.17, 15) is 13.6 Å². The van der Waals surface area contributed by atoms with Gasteiger partial charge in [0.25, 0.3) is 0 Å². The summed E-state index contributed by atoms with van der Waals surface area (Å²) in [4.78, 5) is 19.5. The van der Waals surface area contributed by atoms with Crippen LogP contribution in [-0.2, 0) is 6.42 Å². The van der Waals surface area contributed by atoms with Gasteiger partial charge in [0.05, 0.1) is 0 Å². The lowest BCUT2D eigenvalue weighted by Gasteiger charge is -2.02. The highest BCUT2D eigenvalue weighted by molar-refractivity contribution is 5.94. The molecule has 3 nitrogen and oxygen atoms in total. The molecule has 0 spiro atoms. The molecule has 0 amide bonds. The molecule has 0 aliphatic rings. The van der Waals surface area contributed by atoms with Gasteiger partial charge in [-0.2, -0.15) is 0 Å². The van der Waals surface area contributed by atoms with Crippen LogP contribution in [0, 0.1) is 18.6 Å². The highest BCUT2D eigenvalue weighted by Crippen LogP contribution is 2.12. The minimum atomic E-state index is -0.614. The van der Waals surface area contributed by atoms with E-state index in [0.29, 0.717) is 0 Å². The van der Waals surface area contributed by atoms with E-state index >= 15 is 0 Å². The Morgan fingerprint density at radius 3 is 2.56 bits per heavy atom. The number of carbonyl (C=O) groups is 1. The molecule has 0 unspecified atom stereocenters. The molecule has 0 radical (unpaired) electrons. The fourth-order valence-corrected chi connectivity index (χ4v) is 1.47. The fraction of sp³-hybridized carbons (Fsp3) is 0.154. The Hall–Kier alpha value is -2.17. The monoisotopic (exact) mass is 248 g/mol. The maximum atomic E-state index is 13.4. The van der Waals surface area contributed by atoms with Crippen LogP contribution < -0.4 is 0 Å². The summed E-state index contributed by atoms with van der Waals surface area (Å²) >= 11 is 0. The minimum Gasteiger partial charge on any atom is -0.290 e. The number of nitrogens with zero attached hydrogens (tertiary/aromatic N) is 2. The van der Waals surface area contributed by atoms with Gasteiger partial charge in [0, 0.05) is 18.8 Å². The van der Waals surface area contributed by atoms with Crippen molar-refractivity contribution in [2.45, 2.75) is 13.3 Å². The van der Waals surface area contributed by atoms with Gasteiger partial charge in [-0.05, 0) is 36.2 Å². The second kappa shape index (κ2) is 5.00. The normalized spacial score (nSPS) is 10.4. The Kier molecular flexibility index (Phi) is 3.41. The Balaban J connectivity index is 2.21. The zero-order chi connectivity index (χ0) is 13.1. The van der Waals surface area contributed by atoms with Crippen LogP contribution in [0.4, 0.5) is 8.78 Å². The number of benzene rings is 1. The number of halogens is 2. The molecule has 18 heavy (non-hydrogen) atoms. The van der Waals surface area contributed by atoms with Crippen molar-refractivity contribution >= 4 is 5.78 Å². The predicted molar refractivity (Wildman–Crippen MR) is 61.2 cm³/mol. The first-order valence-electron chi connectivity index (χ1n) is 5.32. The first kappa shape index (κ1) is 12.3. The second-order valence-electron chi connectivity index (χ2n) is 3.92. The maximum Gasteiger partial charge on any atom is 0.204 e. The summed E-state index contributed by atoms with van der Waals surface area (Å²) in [6.45, 7) is 1.79. The molecule has 5 heteroatoms. The lowest BCUT2D eigenvalue weighted by atomic mass is 10.1. The molecule has 0 bridgehead atoms. The van der Waals surface area contributed by atoms with E-state index in [4.69, 9.17) is 0 Å². The quantitative estimate of drug-likeness (QED) is 0.784. The van der Waals surface area contributed by atoms with Crippen LogP contribution in [-0.4, -0.2) is 15.8 Å². The maximum absolute atomic E-state index is 13.4. The number of aromatic nitrogens is 2. The van der Waals surface area contributed by atoms with Gasteiger partial charge in [0.1, 0.15) is 11.6 Å². The van der Waals surface area contributed by atoms with Crippen LogP contribution in [0.1, 0.15) is 21.7 Å². The topological polar surface area (TPSA) is 42.9 Å². The molecule has 0 fully saturated rings. The van der Waals surface area contributed by atoms with E-state index in [1.807, 2.05) is 0 Å². The molecular formula is C13H10F2N2O. The third kappa shape index (κ3) is 2.74. The summed E-state index contributed by atoms with van der Waals surface area (Å²) in [7, 11) is 0. The average Bonchev–Trinajstić information content (AvgIpc) is 2.34. The third-order valence-corrected chi connectivity index (χ3v) is 2.39. The number of rotatable bonds is 3. The summed E-state index contributed by atoms with van der Waals surface area (Å²) in [6.07, 6.45) is 2.75. The zero-order valence-electron chi connectivity index (χ0n) is 9.65. The third-order valence-electron chi connectivity index (χ3n) is 2.39. The highest BCUT2D eigenvalue weighted by Gasteiger charge is 2.13. The van der Waals surface area contributed by atoms with E-state index in [1.165, 1.54) is 12.4 Å². The summed E-state index contributed by atoms with van der Waals surface area (Å²) in [5, 5.41) is 0. The Morgan fingerprint density at radius 2 is 1.89 bits per heavy atom. The lowest BCUT2D eigenvalue weighted by Crippen LogP contribution is -2.10. The molecule has 0 saturated heterocycles. The van der Waals surface area contributed by atoms with Crippen molar-refractivity contribution in [2.75, 3.05) is 0 Å². The molecule has 1 heterocycles. The van der Waals surface area contributed by atoms with Crippen molar-refractivity contribution in [1.82, 2.24) is 9.97 Å². The minimum absolute atomic E-state index is 0.00387. The predicted octanol–water partition coefficient (Wildman–Crippen LogP) is 2.49. The molecule has 0 aliphatic heterocycles. The van der Waals surface area contributed by atoms with Crippen LogP contribution in [0.5, 0.6) is 0 Å². The molecule has 0 N–H and O–H groups in total. The molecule has 1 aromatic heterocycles. The van der Waals surface area contributed by atoms with Crippen molar-refractivity contribution in [1.29, 1.82) is 0 Å². The van der Waals surface area contributed by atoms with E-state index in [0.717, 1.165) is 23.8 Å². The number of ketones is 1. The fourth-order valence-electron chi connectivity index (χ4n) is 1.47. The molecule has 0 aliphatic carbocycles. The van der Waals surface area contributed by atoms with Gasteiger partial charge in [-0.3, -0.25) is 4.79 Å². The number of hydrogen-bond acceptors (Lipinski definition) is 3. The number of hydrogen-bond donors (Lipinski definition) is 0. The molecule has 0 saturated carbocycles. The molecule has 2 rings (SSSR count). The van der Waals surface area contributed by atoms with Gasteiger partial charge in [-0.25, -0.2) is 18.7 Å². The zero-order valence-corrected chi connectivity index (χ0v) is 9.65. The highest BCUT2D eigenvalue weighted by atomic mass is 19.1. The number of Topliss-reactive ketones (excluding diaryl/α,β-unsaturated/α-hetero) is 1. The number of aryl methyl sites for hydroxylation is 1. The van der Waals surface area contributed by atoms with Crippen LogP contribution >= 0.6 is 0 Å². The Labute approximate surface area is 103 Å². The van der Waals surface area contributed by atoms with Crippen LogP contribution in [0.3, 0.4) is 0 Å². The molecule has 0 atom stereocenters. The Bertz CT molecular complexity index is 582. The SMILES string of the molecule is Cc1cnc(C(=O)Cc2cc(F)ccc2F)nc1. The molecule has 92 valence electrons. The summed E-state index contributed by atoms with van der Waals surface area (Å²) in [5.41, 5.74) is 0.827. The average molecular weight is 248 g/mol. The van der Waals surface area contributed by atoms with Gasteiger partial charge in [-0.1, -0.05) is 0 Å². The van der Waals surface area contributed by atoms with Gasteiger partial charge in [-0.15, -0.1) is 0 Å². The van der Waals surface area contributed by atoms with E-state index in [-0.39, 0.29) is 17.8 Å². The first-order chi connectivity index (χ1) is 8.56. The van der Waals surface area contributed by atoms with Crippen LogP contribution in [0.25, 0.3) is 0 Å². The standard InChI is InChI=1S/C13H10F2N2O/c1-8-6-16-13(17-7-8)12(18)5-9-4-10(14)2-3-11(9)15/h2-4,6-7H,5H2,1H3. The summed E-state index contributed by atoms with van der Waals surface area (Å²) in [6, 6.07) is 3.00. The molecular weight excluding hydrogens is 238 g/mol. The summed E-state index contributed by atoms with van der Waals surface area (Å²) in [5.74, 6) is -1.63. The van der Waals surface area contributed by atoms with E-state index in [2.05, 4.69) is 9.97 Å².